The molecule has 2 aliphatic rings. The number of aliphatic hydroxyl groups is 1. The second-order valence-electron chi connectivity index (χ2n) is 3.98. The first kappa shape index (κ1) is 9.50. The van der Waals surface area contributed by atoms with Gasteiger partial charge in [0.2, 0.25) is 0 Å². The normalized spacial score (nSPS) is 36.3. The number of hydrogen-bond acceptors (Lipinski definition) is 2. The Hall–Kier alpha value is -0.0500. The summed E-state index contributed by atoms with van der Waals surface area (Å²) in [6.07, 6.45) is 6.24. The topological polar surface area (TPSA) is 23.5 Å². The number of nitrogens with zero attached hydrogens (tertiary/aromatic N) is 1. The molecule has 2 rings (SSSR count). The lowest BCUT2D eigenvalue weighted by Crippen LogP contribution is -2.42. The van der Waals surface area contributed by atoms with Crippen LogP contribution >= 0.6 is 11.6 Å². The van der Waals surface area contributed by atoms with E-state index in [4.69, 9.17) is 11.6 Å². The molecule has 1 fully saturated rings. The third-order valence-corrected chi connectivity index (χ3v) is 3.32. The highest BCUT2D eigenvalue weighted by atomic mass is 35.5. The molecule has 0 radical (unpaired) electrons. The summed E-state index contributed by atoms with van der Waals surface area (Å²) >= 11 is 5.98. The Morgan fingerprint density at radius 1 is 1.46 bits per heavy atom. The van der Waals surface area contributed by atoms with Crippen LogP contribution in [0.4, 0.5) is 0 Å². The summed E-state index contributed by atoms with van der Waals surface area (Å²) < 4.78 is 0. The third kappa shape index (κ3) is 2.06. The van der Waals surface area contributed by atoms with E-state index in [1.165, 1.54) is 0 Å². The standard InChI is InChI=1S/C10H16ClNO/c11-8-3-2-6-12(7-8)9-4-1-5-10(9)13/h3,9-10,13H,1-2,4-7H2/t9-,10-/m0/s1. The van der Waals surface area contributed by atoms with Gasteiger partial charge < -0.3 is 5.11 Å². The fraction of sp³-hybridized carbons (Fsp3) is 0.800. The first-order chi connectivity index (χ1) is 6.27. The van der Waals surface area contributed by atoms with Gasteiger partial charge in [-0.05, 0) is 25.7 Å². The molecule has 1 heterocycles. The molecule has 13 heavy (non-hydrogen) atoms. The minimum atomic E-state index is -0.123. The molecule has 0 unspecified atom stereocenters. The molecule has 1 aliphatic heterocycles. The molecule has 2 atom stereocenters. The van der Waals surface area contributed by atoms with Gasteiger partial charge >= 0.3 is 0 Å². The van der Waals surface area contributed by atoms with Crippen molar-refractivity contribution < 1.29 is 5.11 Å². The van der Waals surface area contributed by atoms with Gasteiger partial charge in [-0.1, -0.05) is 17.7 Å². The summed E-state index contributed by atoms with van der Waals surface area (Å²) in [7, 11) is 0. The van der Waals surface area contributed by atoms with E-state index in [1.807, 2.05) is 0 Å². The summed E-state index contributed by atoms with van der Waals surface area (Å²) in [5.41, 5.74) is 0. The highest BCUT2D eigenvalue weighted by Crippen LogP contribution is 2.27. The Morgan fingerprint density at radius 3 is 2.92 bits per heavy atom. The Morgan fingerprint density at radius 2 is 2.31 bits per heavy atom. The number of rotatable bonds is 1. The van der Waals surface area contributed by atoms with Crippen molar-refractivity contribution in [1.29, 1.82) is 0 Å². The molecular formula is C10H16ClNO. The van der Waals surface area contributed by atoms with E-state index in [0.29, 0.717) is 6.04 Å². The van der Waals surface area contributed by atoms with E-state index in [0.717, 1.165) is 43.8 Å². The zero-order chi connectivity index (χ0) is 9.26. The highest BCUT2D eigenvalue weighted by molar-refractivity contribution is 6.29. The predicted molar refractivity (Wildman–Crippen MR) is 53.8 cm³/mol. The van der Waals surface area contributed by atoms with Crippen molar-refractivity contribution in [3.05, 3.63) is 11.1 Å². The molecule has 3 heteroatoms. The van der Waals surface area contributed by atoms with Crippen LogP contribution in [0, 0.1) is 0 Å². The molecular weight excluding hydrogens is 186 g/mol. The van der Waals surface area contributed by atoms with Gasteiger partial charge in [0.15, 0.2) is 0 Å². The maximum absolute atomic E-state index is 9.72. The van der Waals surface area contributed by atoms with Gasteiger partial charge in [-0.15, -0.1) is 0 Å². The summed E-state index contributed by atoms with van der Waals surface area (Å²) in [4.78, 5) is 2.32. The number of hydrogen-bond donors (Lipinski definition) is 1. The van der Waals surface area contributed by atoms with Gasteiger partial charge in [-0.2, -0.15) is 0 Å². The van der Waals surface area contributed by atoms with E-state index in [1.54, 1.807) is 0 Å². The summed E-state index contributed by atoms with van der Waals surface area (Å²) in [6, 6.07) is 0.363. The molecule has 0 spiro atoms. The zero-order valence-corrected chi connectivity index (χ0v) is 8.50. The van der Waals surface area contributed by atoms with Crippen LogP contribution in [0.15, 0.2) is 11.1 Å². The van der Waals surface area contributed by atoms with Crippen molar-refractivity contribution in [3.63, 3.8) is 0 Å². The Bertz CT molecular complexity index is 217. The lowest BCUT2D eigenvalue weighted by atomic mass is 10.1. The van der Waals surface area contributed by atoms with Crippen LogP contribution in [0.1, 0.15) is 25.7 Å². The molecule has 74 valence electrons. The molecule has 0 amide bonds. The predicted octanol–water partition coefficient (Wildman–Crippen LogP) is 1.73. The SMILES string of the molecule is O[C@H]1CCC[C@@H]1N1CCC=C(Cl)C1. The third-order valence-electron chi connectivity index (χ3n) is 3.05. The fourth-order valence-corrected chi connectivity index (χ4v) is 2.62. The van der Waals surface area contributed by atoms with E-state index >= 15 is 0 Å². The molecule has 0 aromatic carbocycles. The van der Waals surface area contributed by atoms with Crippen LogP contribution in [0.2, 0.25) is 0 Å². The van der Waals surface area contributed by atoms with Gasteiger partial charge in [0.05, 0.1) is 6.10 Å². The summed E-state index contributed by atoms with van der Waals surface area (Å²) in [5.74, 6) is 0. The number of halogens is 1. The summed E-state index contributed by atoms with van der Waals surface area (Å²) in [6.45, 7) is 1.89. The van der Waals surface area contributed by atoms with Crippen LogP contribution in [0.5, 0.6) is 0 Å². The van der Waals surface area contributed by atoms with E-state index in [-0.39, 0.29) is 6.10 Å². The lowest BCUT2D eigenvalue weighted by Gasteiger charge is -2.32. The van der Waals surface area contributed by atoms with Crippen LogP contribution < -0.4 is 0 Å². The summed E-state index contributed by atoms with van der Waals surface area (Å²) in [5, 5.41) is 10.7. The minimum absolute atomic E-state index is 0.123. The zero-order valence-electron chi connectivity index (χ0n) is 7.75. The minimum Gasteiger partial charge on any atom is -0.391 e. The van der Waals surface area contributed by atoms with Gasteiger partial charge in [0.1, 0.15) is 0 Å². The van der Waals surface area contributed by atoms with E-state index in [9.17, 15) is 5.11 Å². The first-order valence-corrected chi connectivity index (χ1v) is 5.42. The fourth-order valence-electron chi connectivity index (χ4n) is 2.35. The van der Waals surface area contributed by atoms with Crippen molar-refractivity contribution in [3.8, 4) is 0 Å². The molecule has 0 aromatic rings. The van der Waals surface area contributed by atoms with Crippen LogP contribution in [0.25, 0.3) is 0 Å². The van der Waals surface area contributed by atoms with Gasteiger partial charge in [0, 0.05) is 24.2 Å². The van der Waals surface area contributed by atoms with Gasteiger partial charge in [0.25, 0.3) is 0 Å². The molecule has 0 bridgehead atoms. The second kappa shape index (κ2) is 3.99. The van der Waals surface area contributed by atoms with Gasteiger partial charge in [-0.3, -0.25) is 4.90 Å². The maximum Gasteiger partial charge on any atom is 0.0695 e. The average Bonchev–Trinajstić information content (AvgIpc) is 2.51. The quantitative estimate of drug-likeness (QED) is 0.699. The van der Waals surface area contributed by atoms with Crippen molar-refractivity contribution in [1.82, 2.24) is 4.90 Å². The van der Waals surface area contributed by atoms with Crippen molar-refractivity contribution >= 4 is 11.6 Å². The average molecular weight is 202 g/mol. The Kier molecular flexibility index (Phi) is 2.92. The van der Waals surface area contributed by atoms with Crippen molar-refractivity contribution in [2.24, 2.45) is 0 Å². The van der Waals surface area contributed by atoms with Crippen LogP contribution in [-0.4, -0.2) is 35.2 Å². The monoisotopic (exact) mass is 201 g/mol. The van der Waals surface area contributed by atoms with Crippen molar-refractivity contribution in [2.75, 3.05) is 13.1 Å². The Balaban J connectivity index is 1.97. The van der Waals surface area contributed by atoms with Crippen molar-refractivity contribution in [2.45, 2.75) is 37.8 Å². The molecule has 1 aliphatic carbocycles. The molecule has 2 nitrogen and oxygen atoms in total. The maximum atomic E-state index is 9.72. The van der Waals surface area contributed by atoms with E-state index in [2.05, 4.69) is 11.0 Å². The molecule has 0 aromatic heterocycles. The first-order valence-electron chi connectivity index (χ1n) is 5.04. The second-order valence-corrected chi connectivity index (χ2v) is 4.46. The molecule has 0 saturated heterocycles. The van der Waals surface area contributed by atoms with Crippen LogP contribution in [0.3, 0.4) is 0 Å². The smallest absolute Gasteiger partial charge is 0.0695 e. The Labute approximate surface area is 84.2 Å². The highest BCUT2D eigenvalue weighted by Gasteiger charge is 2.31. The number of aliphatic hydroxyl groups excluding tert-OH is 1. The van der Waals surface area contributed by atoms with Crippen LogP contribution in [-0.2, 0) is 0 Å². The lowest BCUT2D eigenvalue weighted by molar-refractivity contribution is 0.0758. The molecule has 1 saturated carbocycles. The largest absolute Gasteiger partial charge is 0.391 e. The van der Waals surface area contributed by atoms with E-state index < -0.39 is 0 Å². The van der Waals surface area contributed by atoms with Gasteiger partial charge in [-0.25, -0.2) is 0 Å². The molecule has 1 N–H and O–H groups in total.